The van der Waals surface area contributed by atoms with Crippen molar-refractivity contribution < 1.29 is 9.59 Å². The number of carbonyl (C=O) groups excluding carboxylic acids is 2. The molecule has 0 atom stereocenters. The minimum absolute atomic E-state index is 0.0607. The molecular formula is C17H17Cl2N3O2. The van der Waals surface area contributed by atoms with Gasteiger partial charge in [0.05, 0.1) is 0 Å². The molecule has 0 aliphatic heterocycles. The largest absolute Gasteiger partial charge is 0.350 e. The van der Waals surface area contributed by atoms with Crippen molar-refractivity contribution in [3.8, 4) is 0 Å². The summed E-state index contributed by atoms with van der Waals surface area (Å²) in [4.78, 5) is 23.8. The molecule has 0 aliphatic rings. The van der Waals surface area contributed by atoms with Crippen LogP contribution in [-0.2, 0) is 0 Å². The van der Waals surface area contributed by atoms with E-state index in [4.69, 9.17) is 23.2 Å². The van der Waals surface area contributed by atoms with Crippen molar-refractivity contribution in [3.63, 3.8) is 0 Å². The number of hydrogen-bond acceptors (Lipinski definition) is 2. The lowest BCUT2D eigenvalue weighted by Gasteiger charge is -2.10. The van der Waals surface area contributed by atoms with Crippen molar-refractivity contribution in [1.29, 1.82) is 0 Å². The van der Waals surface area contributed by atoms with Gasteiger partial charge in [0, 0.05) is 33.0 Å². The van der Waals surface area contributed by atoms with Crippen LogP contribution >= 0.6 is 23.2 Å². The van der Waals surface area contributed by atoms with Gasteiger partial charge in [-0.3, -0.25) is 4.79 Å². The van der Waals surface area contributed by atoms with Gasteiger partial charge in [-0.15, -0.1) is 0 Å². The average Bonchev–Trinajstić information content (AvgIpc) is 2.45. The van der Waals surface area contributed by atoms with Gasteiger partial charge in [-0.05, 0) is 56.3 Å². The van der Waals surface area contributed by atoms with Crippen LogP contribution in [0.4, 0.5) is 16.2 Å². The van der Waals surface area contributed by atoms with E-state index in [1.54, 1.807) is 42.5 Å². The zero-order valence-corrected chi connectivity index (χ0v) is 14.7. The van der Waals surface area contributed by atoms with E-state index < -0.39 is 6.03 Å². The van der Waals surface area contributed by atoms with Gasteiger partial charge in [0.15, 0.2) is 0 Å². The number of carbonyl (C=O) groups is 2. The Bertz CT molecular complexity index is 726. The third-order valence-corrected chi connectivity index (χ3v) is 3.38. The van der Waals surface area contributed by atoms with Gasteiger partial charge in [0.1, 0.15) is 0 Å². The quantitative estimate of drug-likeness (QED) is 0.729. The first-order chi connectivity index (χ1) is 11.3. The molecule has 0 saturated heterocycles. The van der Waals surface area contributed by atoms with Crippen LogP contribution in [0.1, 0.15) is 24.2 Å². The molecule has 24 heavy (non-hydrogen) atoms. The highest BCUT2D eigenvalue weighted by Gasteiger charge is 2.08. The molecule has 0 aliphatic carbocycles. The summed E-state index contributed by atoms with van der Waals surface area (Å²) in [5, 5.41) is 8.96. The Balaban J connectivity index is 1.98. The molecule has 3 amide bonds. The van der Waals surface area contributed by atoms with Crippen LogP contribution in [0, 0.1) is 0 Å². The lowest BCUT2D eigenvalue weighted by Crippen LogP contribution is -2.30. The van der Waals surface area contributed by atoms with E-state index in [0.717, 1.165) is 0 Å². The molecular weight excluding hydrogens is 349 g/mol. The fourth-order valence-electron chi connectivity index (χ4n) is 1.97. The summed E-state index contributed by atoms with van der Waals surface area (Å²) >= 11 is 11.8. The first-order valence-corrected chi connectivity index (χ1v) is 8.04. The van der Waals surface area contributed by atoms with Gasteiger partial charge in [-0.25, -0.2) is 4.79 Å². The van der Waals surface area contributed by atoms with E-state index in [1.807, 2.05) is 13.8 Å². The molecule has 5 nitrogen and oxygen atoms in total. The maximum Gasteiger partial charge on any atom is 0.323 e. The number of halogens is 2. The summed E-state index contributed by atoms with van der Waals surface area (Å²) in [6.45, 7) is 3.78. The normalized spacial score (nSPS) is 10.4. The van der Waals surface area contributed by atoms with E-state index in [2.05, 4.69) is 16.0 Å². The predicted molar refractivity (Wildman–Crippen MR) is 98.1 cm³/mol. The molecule has 126 valence electrons. The molecule has 2 aromatic rings. The Morgan fingerprint density at radius 2 is 1.42 bits per heavy atom. The van der Waals surface area contributed by atoms with Crippen molar-refractivity contribution in [2.24, 2.45) is 0 Å². The minimum atomic E-state index is -0.437. The van der Waals surface area contributed by atoms with Crippen molar-refractivity contribution in [3.05, 3.63) is 58.1 Å². The second-order valence-electron chi connectivity index (χ2n) is 5.44. The molecule has 0 heterocycles. The van der Waals surface area contributed by atoms with Gasteiger partial charge in [-0.2, -0.15) is 0 Å². The summed E-state index contributed by atoms with van der Waals surface area (Å²) in [6, 6.07) is 11.0. The maximum atomic E-state index is 12.0. The molecule has 7 heteroatoms. The van der Waals surface area contributed by atoms with Crippen LogP contribution in [0.15, 0.2) is 42.5 Å². The molecule has 0 spiro atoms. The Labute approximate surface area is 150 Å². The molecule has 2 aromatic carbocycles. The van der Waals surface area contributed by atoms with Crippen molar-refractivity contribution >= 4 is 46.5 Å². The average molecular weight is 366 g/mol. The molecule has 0 aromatic heterocycles. The van der Waals surface area contributed by atoms with Crippen LogP contribution in [0.2, 0.25) is 10.0 Å². The smallest absolute Gasteiger partial charge is 0.323 e. The third-order valence-electron chi connectivity index (χ3n) is 2.95. The van der Waals surface area contributed by atoms with E-state index >= 15 is 0 Å². The molecule has 2 rings (SSSR count). The van der Waals surface area contributed by atoms with Crippen LogP contribution in [0.25, 0.3) is 0 Å². The molecule has 0 fully saturated rings. The van der Waals surface area contributed by atoms with Crippen LogP contribution in [-0.4, -0.2) is 18.0 Å². The number of amides is 3. The minimum Gasteiger partial charge on any atom is -0.350 e. The number of nitrogens with one attached hydrogen (secondary N) is 3. The number of anilines is 2. The van der Waals surface area contributed by atoms with Gasteiger partial charge in [-0.1, -0.05) is 23.2 Å². The Morgan fingerprint density at radius 1 is 0.875 bits per heavy atom. The number of benzene rings is 2. The highest BCUT2D eigenvalue weighted by molar-refractivity contribution is 6.35. The zero-order valence-electron chi connectivity index (χ0n) is 13.2. The van der Waals surface area contributed by atoms with Crippen molar-refractivity contribution in [2.75, 3.05) is 10.6 Å². The first kappa shape index (κ1) is 18.1. The van der Waals surface area contributed by atoms with Crippen LogP contribution < -0.4 is 16.0 Å². The predicted octanol–water partition coefficient (Wildman–Crippen LogP) is 4.78. The monoisotopic (exact) mass is 365 g/mol. The lowest BCUT2D eigenvalue weighted by molar-refractivity contribution is 0.0943. The fraction of sp³-hybridized carbons (Fsp3) is 0.176. The summed E-state index contributed by atoms with van der Waals surface area (Å²) < 4.78 is 0. The van der Waals surface area contributed by atoms with Crippen molar-refractivity contribution in [2.45, 2.75) is 19.9 Å². The second-order valence-corrected chi connectivity index (χ2v) is 6.32. The Hall–Kier alpha value is -2.24. The van der Waals surface area contributed by atoms with Gasteiger partial charge in [0.25, 0.3) is 5.91 Å². The molecule has 3 N–H and O–H groups in total. The van der Waals surface area contributed by atoms with Crippen molar-refractivity contribution in [1.82, 2.24) is 5.32 Å². The standard InChI is InChI=1S/C17H17Cl2N3O2/c1-10(2)20-16(23)11-3-5-14(6-4-11)21-17(24)22-15-8-12(18)7-13(19)9-15/h3-10H,1-2H3,(H,20,23)(H2,21,22,24). The summed E-state index contributed by atoms with van der Waals surface area (Å²) in [5.74, 6) is -0.158. The molecule has 0 radical (unpaired) electrons. The SMILES string of the molecule is CC(C)NC(=O)c1ccc(NC(=O)Nc2cc(Cl)cc(Cl)c2)cc1. The number of hydrogen-bond donors (Lipinski definition) is 3. The topological polar surface area (TPSA) is 70.2 Å². The van der Waals surface area contributed by atoms with Gasteiger partial charge in [0.2, 0.25) is 0 Å². The van der Waals surface area contributed by atoms with E-state index in [0.29, 0.717) is 27.0 Å². The summed E-state index contributed by atoms with van der Waals surface area (Å²) in [5.41, 5.74) is 1.57. The highest BCUT2D eigenvalue weighted by Crippen LogP contribution is 2.22. The number of rotatable bonds is 4. The van der Waals surface area contributed by atoms with E-state index in [1.165, 1.54) is 0 Å². The fourth-order valence-corrected chi connectivity index (χ4v) is 2.50. The van der Waals surface area contributed by atoms with Crippen LogP contribution in [0.5, 0.6) is 0 Å². The van der Waals surface area contributed by atoms with Gasteiger partial charge < -0.3 is 16.0 Å². The first-order valence-electron chi connectivity index (χ1n) is 7.28. The molecule has 0 unspecified atom stereocenters. The molecule has 0 bridgehead atoms. The van der Waals surface area contributed by atoms with Gasteiger partial charge >= 0.3 is 6.03 Å². The lowest BCUT2D eigenvalue weighted by atomic mass is 10.2. The Kier molecular flexibility index (Phi) is 6.06. The van der Waals surface area contributed by atoms with E-state index in [-0.39, 0.29) is 11.9 Å². The zero-order chi connectivity index (χ0) is 17.7. The third kappa shape index (κ3) is 5.44. The number of urea groups is 1. The molecule has 0 saturated carbocycles. The highest BCUT2D eigenvalue weighted by atomic mass is 35.5. The Morgan fingerprint density at radius 3 is 1.96 bits per heavy atom. The van der Waals surface area contributed by atoms with Crippen LogP contribution in [0.3, 0.4) is 0 Å². The maximum absolute atomic E-state index is 12.0. The summed E-state index contributed by atoms with van der Waals surface area (Å²) in [7, 11) is 0. The second kappa shape index (κ2) is 8.04. The van der Waals surface area contributed by atoms with E-state index in [9.17, 15) is 9.59 Å². The summed E-state index contributed by atoms with van der Waals surface area (Å²) in [6.07, 6.45) is 0.